The standard InChI is InChI=1S/C25H30N2OS/c1-25(2,3)21-12-8-19(9-13-21)17-26-22-6-5-7-23(16-22)27-18-20-10-14-24(15-11-20)29(4)28/h5-16,26-27H,17-18H2,1-4H3. The van der Waals surface area contributed by atoms with Gasteiger partial charge in [-0.2, -0.15) is 0 Å². The second-order valence-electron chi connectivity index (χ2n) is 8.33. The van der Waals surface area contributed by atoms with Gasteiger partial charge in [-0.25, -0.2) is 0 Å². The molecule has 1 unspecified atom stereocenters. The van der Waals surface area contributed by atoms with Gasteiger partial charge in [0, 0.05) is 46.4 Å². The summed E-state index contributed by atoms with van der Waals surface area (Å²) >= 11 is 0. The summed E-state index contributed by atoms with van der Waals surface area (Å²) in [5.41, 5.74) is 6.12. The van der Waals surface area contributed by atoms with Crippen LogP contribution in [0.2, 0.25) is 0 Å². The Balaban J connectivity index is 1.56. The Morgan fingerprint density at radius 2 is 1.24 bits per heavy atom. The molecule has 0 heterocycles. The van der Waals surface area contributed by atoms with Gasteiger partial charge in [0.1, 0.15) is 0 Å². The number of anilines is 2. The van der Waals surface area contributed by atoms with Gasteiger partial charge >= 0.3 is 0 Å². The molecule has 3 nitrogen and oxygen atoms in total. The van der Waals surface area contributed by atoms with Gasteiger partial charge < -0.3 is 10.6 Å². The van der Waals surface area contributed by atoms with Crippen molar-refractivity contribution in [2.45, 2.75) is 44.2 Å². The summed E-state index contributed by atoms with van der Waals surface area (Å²) in [4.78, 5) is 0.857. The third-order valence-electron chi connectivity index (χ3n) is 4.93. The summed E-state index contributed by atoms with van der Waals surface area (Å²) < 4.78 is 11.5. The normalized spacial score (nSPS) is 12.4. The molecule has 3 rings (SSSR count). The van der Waals surface area contributed by atoms with Crippen molar-refractivity contribution in [3.63, 3.8) is 0 Å². The van der Waals surface area contributed by atoms with Crippen LogP contribution in [0.25, 0.3) is 0 Å². The predicted molar refractivity (Wildman–Crippen MR) is 125 cm³/mol. The quantitative estimate of drug-likeness (QED) is 0.510. The maximum Gasteiger partial charge on any atom is 0.0498 e. The van der Waals surface area contributed by atoms with E-state index in [0.29, 0.717) is 0 Å². The molecular formula is C25H30N2OS. The van der Waals surface area contributed by atoms with Crippen LogP contribution >= 0.6 is 0 Å². The van der Waals surface area contributed by atoms with Crippen LogP contribution in [0.5, 0.6) is 0 Å². The van der Waals surface area contributed by atoms with Crippen molar-refractivity contribution >= 4 is 22.2 Å². The van der Waals surface area contributed by atoms with Crippen LogP contribution in [-0.4, -0.2) is 10.5 Å². The van der Waals surface area contributed by atoms with Crippen LogP contribution in [0.3, 0.4) is 0 Å². The number of nitrogens with one attached hydrogen (secondary N) is 2. The highest BCUT2D eigenvalue weighted by molar-refractivity contribution is 7.84. The molecule has 1 atom stereocenters. The molecule has 152 valence electrons. The molecule has 0 saturated carbocycles. The molecular weight excluding hydrogens is 376 g/mol. The molecule has 0 saturated heterocycles. The van der Waals surface area contributed by atoms with Crippen LogP contribution in [-0.2, 0) is 29.3 Å². The van der Waals surface area contributed by atoms with Gasteiger partial charge in [0.05, 0.1) is 0 Å². The smallest absolute Gasteiger partial charge is 0.0498 e. The molecule has 29 heavy (non-hydrogen) atoms. The molecule has 0 spiro atoms. The minimum Gasteiger partial charge on any atom is -0.381 e. The lowest BCUT2D eigenvalue weighted by atomic mass is 9.87. The van der Waals surface area contributed by atoms with Gasteiger partial charge in [0.25, 0.3) is 0 Å². The second kappa shape index (κ2) is 9.27. The highest BCUT2D eigenvalue weighted by Crippen LogP contribution is 2.23. The first-order valence-electron chi connectivity index (χ1n) is 9.91. The van der Waals surface area contributed by atoms with Crippen LogP contribution in [0, 0.1) is 0 Å². The van der Waals surface area contributed by atoms with Gasteiger partial charge in [-0.05, 0) is 52.4 Å². The van der Waals surface area contributed by atoms with E-state index >= 15 is 0 Å². The first-order chi connectivity index (χ1) is 13.8. The Kier molecular flexibility index (Phi) is 6.75. The first-order valence-corrected chi connectivity index (χ1v) is 11.5. The van der Waals surface area contributed by atoms with E-state index in [0.717, 1.165) is 34.9 Å². The largest absolute Gasteiger partial charge is 0.381 e. The molecule has 3 aromatic rings. The Hall–Kier alpha value is -2.59. The van der Waals surface area contributed by atoms with E-state index in [1.54, 1.807) is 6.26 Å². The van der Waals surface area contributed by atoms with Crippen molar-refractivity contribution < 1.29 is 4.21 Å². The first kappa shape index (κ1) is 21.1. The molecule has 0 radical (unpaired) electrons. The SMILES string of the molecule is CS(=O)c1ccc(CNc2cccc(NCc3ccc(C(C)(C)C)cc3)c2)cc1. The number of rotatable bonds is 7. The lowest BCUT2D eigenvalue weighted by molar-refractivity contribution is 0.590. The maximum atomic E-state index is 11.5. The lowest BCUT2D eigenvalue weighted by Gasteiger charge is -2.19. The summed E-state index contributed by atoms with van der Waals surface area (Å²) in [7, 11) is -0.933. The number of hydrogen-bond donors (Lipinski definition) is 2. The predicted octanol–water partition coefficient (Wildman–Crippen LogP) is 5.95. The van der Waals surface area contributed by atoms with E-state index in [2.05, 4.69) is 79.9 Å². The van der Waals surface area contributed by atoms with E-state index < -0.39 is 10.8 Å². The Morgan fingerprint density at radius 3 is 1.69 bits per heavy atom. The summed E-state index contributed by atoms with van der Waals surface area (Å²) in [6.45, 7) is 8.23. The van der Waals surface area contributed by atoms with Gasteiger partial charge in [0.2, 0.25) is 0 Å². The molecule has 0 aromatic heterocycles. The highest BCUT2D eigenvalue weighted by atomic mass is 32.2. The van der Waals surface area contributed by atoms with Crippen molar-refractivity contribution in [3.05, 3.63) is 89.5 Å². The monoisotopic (exact) mass is 406 g/mol. The molecule has 0 aliphatic heterocycles. The van der Waals surface area contributed by atoms with Crippen molar-refractivity contribution in [1.82, 2.24) is 0 Å². The van der Waals surface area contributed by atoms with Crippen LogP contribution in [0.4, 0.5) is 11.4 Å². The average molecular weight is 407 g/mol. The zero-order valence-corrected chi connectivity index (χ0v) is 18.5. The molecule has 3 aromatic carbocycles. The second-order valence-corrected chi connectivity index (χ2v) is 9.71. The van der Waals surface area contributed by atoms with Crippen molar-refractivity contribution in [1.29, 1.82) is 0 Å². The van der Waals surface area contributed by atoms with Crippen LogP contribution < -0.4 is 10.6 Å². The van der Waals surface area contributed by atoms with Crippen LogP contribution in [0.15, 0.2) is 77.7 Å². The van der Waals surface area contributed by atoms with Crippen molar-refractivity contribution in [2.24, 2.45) is 0 Å². The fourth-order valence-electron chi connectivity index (χ4n) is 3.07. The zero-order chi connectivity index (χ0) is 20.9. The van der Waals surface area contributed by atoms with Gasteiger partial charge in [-0.3, -0.25) is 4.21 Å². The summed E-state index contributed by atoms with van der Waals surface area (Å²) in [5.74, 6) is 0. The topological polar surface area (TPSA) is 41.1 Å². The molecule has 2 N–H and O–H groups in total. The molecule has 0 bridgehead atoms. The summed E-state index contributed by atoms with van der Waals surface area (Å²) in [5, 5.41) is 6.96. The number of hydrogen-bond acceptors (Lipinski definition) is 3. The fourth-order valence-corrected chi connectivity index (χ4v) is 3.59. The lowest BCUT2D eigenvalue weighted by Crippen LogP contribution is -2.11. The summed E-state index contributed by atoms with van der Waals surface area (Å²) in [6, 6.07) is 25.1. The molecule has 0 aliphatic rings. The van der Waals surface area contributed by atoms with E-state index in [1.165, 1.54) is 11.1 Å². The third-order valence-corrected chi connectivity index (χ3v) is 5.87. The maximum absolute atomic E-state index is 11.5. The Bertz CT molecular complexity index is 957. The highest BCUT2D eigenvalue weighted by Gasteiger charge is 2.12. The Labute approximate surface area is 177 Å². The van der Waals surface area contributed by atoms with Crippen LogP contribution in [0.1, 0.15) is 37.5 Å². The van der Waals surface area contributed by atoms with E-state index in [1.807, 2.05) is 24.3 Å². The minimum absolute atomic E-state index is 0.180. The van der Waals surface area contributed by atoms with E-state index in [4.69, 9.17) is 0 Å². The van der Waals surface area contributed by atoms with Gasteiger partial charge in [0.15, 0.2) is 0 Å². The van der Waals surface area contributed by atoms with E-state index in [9.17, 15) is 4.21 Å². The van der Waals surface area contributed by atoms with Crippen molar-refractivity contribution in [2.75, 3.05) is 16.9 Å². The van der Waals surface area contributed by atoms with Gasteiger partial charge in [-0.15, -0.1) is 0 Å². The third kappa shape index (κ3) is 6.20. The average Bonchev–Trinajstić information content (AvgIpc) is 2.71. The van der Waals surface area contributed by atoms with Crippen molar-refractivity contribution in [3.8, 4) is 0 Å². The number of benzene rings is 3. The van der Waals surface area contributed by atoms with E-state index in [-0.39, 0.29) is 5.41 Å². The molecule has 0 aliphatic carbocycles. The summed E-state index contributed by atoms with van der Waals surface area (Å²) in [6.07, 6.45) is 1.70. The minimum atomic E-state index is -0.933. The molecule has 4 heteroatoms. The Morgan fingerprint density at radius 1 is 0.759 bits per heavy atom. The fraction of sp³-hybridized carbons (Fsp3) is 0.280. The zero-order valence-electron chi connectivity index (χ0n) is 17.7. The molecule has 0 fully saturated rings. The molecule has 0 amide bonds. The van der Waals surface area contributed by atoms with Gasteiger partial charge in [-0.1, -0.05) is 63.2 Å².